The second-order valence-electron chi connectivity index (χ2n) is 5.65. The molecule has 0 radical (unpaired) electrons. The Hall–Kier alpha value is -2.84. The van der Waals surface area contributed by atoms with Gasteiger partial charge in [0.25, 0.3) is 5.91 Å². The molecule has 0 saturated heterocycles. The molecule has 126 valence electrons. The van der Waals surface area contributed by atoms with Crippen LogP contribution in [0.4, 0.5) is 11.4 Å². The molecule has 1 N–H and O–H groups in total. The molecule has 1 amide bonds. The van der Waals surface area contributed by atoms with Crippen LogP contribution in [0.2, 0.25) is 5.02 Å². The molecule has 1 aliphatic heterocycles. The van der Waals surface area contributed by atoms with E-state index in [2.05, 4.69) is 16.4 Å². The molecule has 3 rings (SSSR count). The number of nitrogens with zero attached hydrogens (tertiary/aromatic N) is 3. The van der Waals surface area contributed by atoms with E-state index in [1.54, 1.807) is 36.6 Å². The Labute approximate surface area is 151 Å². The first-order valence-corrected chi connectivity index (χ1v) is 8.41. The van der Waals surface area contributed by atoms with E-state index in [1.807, 2.05) is 17.6 Å². The van der Waals surface area contributed by atoms with Gasteiger partial charge < -0.3 is 9.88 Å². The van der Waals surface area contributed by atoms with Gasteiger partial charge in [0.1, 0.15) is 17.5 Å². The molecule has 0 saturated carbocycles. The van der Waals surface area contributed by atoms with Gasteiger partial charge in [-0.2, -0.15) is 5.26 Å². The van der Waals surface area contributed by atoms with Crippen molar-refractivity contribution in [1.82, 2.24) is 4.57 Å². The Kier molecular flexibility index (Phi) is 5.01. The van der Waals surface area contributed by atoms with Gasteiger partial charge in [-0.25, -0.2) is 0 Å². The number of allylic oxidation sites excluding steroid dienone is 2. The lowest BCUT2D eigenvalue weighted by molar-refractivity contribution is 0.101. The number of nitriles is 1. The fourth-order valence-corrected chi connectivity index (χ4v) is 3.09. The second-order valence-corrected chi connectivity index (χ2v) is 6.09. The van der Waals surface area contributed by atoms with Crippen molar-refractivity contribution in [1.29, 1.82) is 5.26 Å². The topological polar surface area (TPSA) is 70.2 Å². The van der Waals surface area contributed by atoms with E-state index in [9.17, 15) is 10.1 Å². The van der Waals surface area contributed by atoms with Crippen LogP contribution in [-0.2, 0) is 13.0 Å². The minimum absolute atomic E-state index is 0.278. The molecule has 25 heavy (non-hydrogen) atoms. The molecule has 2 aromatic rings. The fourth-order valence-electron chi connectivity index (χ4n) is 2.96. The number of anilines is 1. The zero-order chi connectivity index (χ0) is 17.8. The number of nitrogens with one attached hydrogen (secondary N) is 1. The third-order valence-corrected chi connectivity index (χ3v) is 4.30. The standard InChI is InChI=1S/C19H17ClN4O/c1-2-3-10-22-17-15(12-21)16-5-4-11-24(16)18(17)19(25)23-14-8-6-13(20)7-9-14/h2-3,6-10H,4-5,11H2,1H3,(H,23,25)/b3-2+,22-10?. The van der Waals surface area contributed by atoms with Crippen molar-refractivity contribution in [2.45, 2.75) is 26.3 Å². The Morgan fingerprint density at radius 3 is 2.84 bits per heavy atom. The summed E-state index contributed by atoms with van der Waals surface area (Å²) in [5.74, 6) is -0.278. The normalized spacial score (nSPS) is 13.3. The van der Waals surface area contributed by atoms with E-state index in [-0.39, 0.29) is 5.91 Å². The molecular formula is C19H17ClN4O. The maximum Gasteiger partial charge on any atom is 0.274 e. The van der Waals surface area contributed by atoms with Crippen LogP contribution >= 0.6 is 11.6 Å². The van der Waals surface area contributed by atoms with Gasteiger partial charge in [-0.15, -0.1) is 0 Å². The Morgan fingerprint density at radius 1 is 1.40 bits per heavy atom. The molecule has 1 aromatic carbocycles. The third-order valence-electron chi connectivity index (χ3n) is 4.05. The number of aromatic nitrogens is 1. The van der Waals surface area contributed by atoms with Crippen LogP contribution in [0.1, 0.15) is 35.1 Å². The number of carbonyl (C=O) groups is 1. The number of rotatable bonds is 4. The highest BCUT2D eigenvalue weighted by Gasteiger charge is 2.29. The van der Waals surface area contributed by atoms with Crippen molar-refractivity contribution in [3.8, 4) is 6.07 Å². The first-order chi connectivity index (χ1) is 12.2. The van der Waals surface area contributed by atoms with Gasteiger partial charge in [0.2, 0.25) is 0 Å². The quantitative estimate of drug-likeness (QED) is 0.823. The Balaban J connectivity index is 2.03. The molecule has 1 aromatic heterocycles. The van der Waals surface area contributed by atoms with E-state index in [0.29, 0.717) is 34.2 Å². The summed E-state index contributed by atoms with van der Waals surface area (Å²) in [7, 11) is 0. The Morgan fingerprint density at radius 2 is 2.16 bits per heavy atom. The molecule has 5 nitrogen and oxygen atoms in total. The first-order valence-electron chi connectivity index (χ1n) is 8.03. The van der Waals surface area contributed by atoms with E-state index < -0.39 is 0 Å². The molecule has 0 unspecified atom stereocenters. The highest BCUT2D eigenvalue weighted by molar-refractivity contribution is 6.30. The summed E-state index contributed by atoms with van der Waals surface area (Å²) in [6, 6.07) is 9.12. The predicted octanol–water partition coefficient (Wildman–Crippen LogP) is 4.49. The maximum atomic E-state index is 12.9. The number of aliphatic imine (C=N–C) groups is 1. The molecular weight excluding hydrogens is 336 g/mol. The molecule has 2 heterocycles. The van der Waals surface area contributed by atoms with Crippen molar-refractivity contribution in [2.24, 2.45) is 4.99 Å². The summed E-state index contributed by atoms with van der Waals surface area (Å²) in [5, 5.41) is 13.0. The van der Waals surface area contributed by atoms with E-state index in [4.69, 9.17) is 11.6 Å². The van der Waals surface area contributed by atoms with E-state index in [1.165, 1.54) is 0 Å². The van der Waals surface area contributed by atoms with Gasteiger partial charge in [-0.1, -0.05) is 17.7 Å². The molecule has 6 heteroatoms. The number of fused-ring (bicyclic) bond motifs is 1. The van der Waals surface area contributed by atoms with Crippen molar-refractivity contribution in [2.75, 3.05) is 5.32 Å². The minimum atomic E-state index is -0.278. The molecule has 1 aliphatic rings. The summed E-state index contributed by atoms with van der Waals surface area (Å²) < 4.78 is 1.91. The maximum absolute atomic E-state index is 12.9. The number of benzene rings is 1. The van der Waals surface area contributed by atoms with Gasteiger partial charge in [0.15, 0.2) is 0 Å². The number of amides is 1. The molecule has 0 aliphatic carbocycles. The summed E-state index contributed by atoms with van der Waals surface area (Å²) >= 11 is 5.88. The molecule has 0 fully saturated rings. The SMILES string of the molecule is C/C=C/C=Nc1c(C#N)c2n(c1C(=O)Nc1ccc(Cl)cc1)CCC2. The van der Waals surface area contributed by atoms with Crippen LogP contribution in [0.25, 0.3) is 0 Å². The summed E-state index contributed by atoms with van der Waals surface area (Å²) in [4.78, 5) is 17.2. The number of hydrogen-bond donors (Lipinski definition) is 1. The van der Waals surface area contributed by atoms with E-state index >= 15 is 0 Å². The second kappa shape index (κ2) is 7.37. The largest absolute Gasteiger partial charge is 0.337 e. The molecule has 0 spiro atoms. The lowest BCUT2D eigenvalue weighted by Gasteiger charge is -2.09. The number of hydrogen-bond acceptors (Lipinski definition) is 3. The Bertz CT molecular complexity index is 901. The fraction of sp³-hybridized carbons (Fsp3) is 0.211. The summed E-state index contributed by atoms with van der Waals surface area (Å²) in [5.41, 5.74) is 2.88. The van der Waals surface area contributed by atoms with Crippen LogP contribution in [0.15, 0.2) is 41.4 Å². The minimum Gasteiger partial charge on any atom is -0.337 e. The van der Waals surface area contributed by atoms with Gasteiger partial charge in [0, 0.05) is 29.2 Å². The number of halogens is 1. The van der Waals surface area contributed by atoms with Crippen LogP contribution in [-0.4, -0.2) is 16.7 Å². The highest BCUT2D eigenvalue weighted by atomic mass is 35.5. The van der Waals surface area contributed by atoms with Gasteiger partial charge in [-0.3, -0.25) is 9.79 Å². The van der Waals surface area contributed by atoms with E-state index in [0.717, 1.165) is 18.5 Å². The van der Waals surface area contributed by atoms with Gasteiger partial charge in [0.05, 0.1) is 5.56 Å². The summed E-state index contributed by atoms with van der Waals surface area (Å²) in [6.45, 7) is 2.59. The average molecular weight is 353 g/mol. The number of carbonyl (C=O) groups excluding carboxylic acids is 1. The van der Waals surface area contributed by atoms with Crippen LogP contribution in [0, 0.1) is 11.3 Å². The molecule has 0 atom stereocenters. The average Bonchev–Trinajstić information content (AvgIpc) is 3.17. The van der Waals surface area contributed by atoms with Gasteiger partial charge in [-0.05, 0) is 50.1 Å². The third kappa shape index (κ3) is 3.35. The predicted molar refractivity (Wildman–Crippen MR) is 99.8 cm³/mol. The van der Waals surface area contributed by atoms with Crippen molar-refractivity contribution < 1.29 is 4.79 Å². The van der Waals surface area contributed by atoms with Crippen LogP contribution < -0.4 is 5.32 Å². The van der Waals surface area contributed by atoms with Crippen molar-refractivity contribution in [3.63, 3.8) is 0 Å². The zero-order valence-electron chi connectivity index (χ0n) is 13.8. The van der Waals surface area contributed by atoms with Crippen molar-refractivity contribution in [3.05, 3.63) is 58.4 Å². The highest BCUT2D eigenvalue weighted by Crippen LogP contribution is 2.35. The molecule has 0 bridgehead atoms. The first kappa shape index (κ1) is 17.0. The smallest absolute Gasteiger partial charge is 0.274 e. The zero-order valence-corrected chi connectivity index (χ0v) is 14.5. The van der Waals surface area contributed by atoms with Crippen LogP contribution in [0.3, 0.4) is 0 Å². The lowest BCUT2D eigenvalue weighted by atomic mass is 10.1. The monoisotopic (exact) mass is 352 g/mol. The van der Waals surface area contributed by atoms with Crippen LogP contribution in [0.5, 0.6) is 0 Å². The van der Waals surface area contributed by atoms with Gasteiger partial charge >= 0.3 is 0 Å². The lowest BCUT2D eigenvalue weighted by Crippen LogP contribution is -2.16. The summed E-state index contributed by atoms with van der Waals surface area (Å²) in [6.07, 6.45) is 6.91. The van der Waals surface area contributed by atoms with Crippen molar-refractivity contribution >= 4 is 35.1 Å².